The number of benzene rings is 2. The van der Waals surface area contributed by atoms with Crippen molar-refractivity contribution in [3.8, 4) is 0 Å². The quantitative estimate of drug-likeness (QED) is 0.664. The molecule has 7 nitrogen and oxygen atoms in total. The molecule has 2 aromatic carbocycles. The van der Waals surface area contributed by atoms with Crippen LogP contribution in [-0.2, 0) is 22.3 Å². The summed E-state index contributed by atoms with van der Waals surface area (Å²) in [5, 5.41) is 2.51. The molecule has 2 heterocycles. The first-order valence-electron chi connectivity index (χ1n) is 11.5. The maximum Gasteiger partial charge on any atom is 0.416 e. The SMILES string of the molecule is Cc1ccc(CN2CCN(C3CCN(C(=O)Nc4cccc(C(F)(F)F)c4)CC3)C(=O)C2=O)cc1. The molecule has 0 unspecified atom stereocenters. The second-order valence-corrected chi connectivity index (χ2v) is 8.94. The van der Waals surface area contributed by atoms with E-state index in [4.69, 9.17) is 0 Å². The number of hydrogen-bond acceptors (Lipinski definition) is 3. The molecule has 2 aliphatic heterocycles. The zero-order chi connectivity index (χ0) is 25.2. The fourth-order valence-electron chi connectivity index (χ4n) is 4.46. The van der Waals surface area contributed by atoms with Crippen LogP contribution in [0.4, 0.5) is 23.7 Å². The van der Waals surface area contributed by atoms with E-state index in [0.717, 1.165) is 23.3 Å². The molecule has 4 rings (SSSR count). The topological polar surface area (TPSA) is 73.0 Å². The Morgan fingerprint density at radius 3 is 2.31 bits per heavy atom. The molecule has 186 valence electrons. The molecular weight excluding hydrogens is 461 g/mol. The van der Waals surface area contributed by atoms with Gasteiger partial charge in [0.05, 0.1) is 5.56 Å². The molecule has 35 heavy (non-hydrogen) atoms. The Labute approximate surface area is 201 Å². The Balaban J connectivity index is 1.29. The van der Waals surface area contributed by atoms with Crippen molar-refractivity contribution < 1.29 is 27.6 Å². The second kappa shape index (κ2) is 9.97. The van der Waals surface area contributed by atoms with Crippen molar-refractivity contribution in [2.24, 2.45) is 0 Å². The summed E-state index contributed by atoms with van der Waals surface area (Å²) < 4.78 is 38.7. The first kappa shape index (κ1) is 24.6. The van der Waals surface area contributed by atoms with Crippen molar-refractivity contribution in [1.82, 2.24) is 14.7 Å². The Bertz CT molecular complexity index is 1100. The third kappa shape index (κ3) is 5.75. The second-order valence-electron chi connectivity index (χ2n) is 8.94. The van der Waals surface area contributed by atoms with Crippen molar-refractivity contribution >= 4 is 23.5 Å². The van der Waals surface area contributed by atoms with E-state index < -0.39 is 29.6 Å². The fourth-order valence-corrected chi connectivity index (χ4v) is 4.46. The molecule has 0 aromatic heterocycles. The summed E-state index contributed by atoms with van der Waals surface area (Å²) in [7, 11) is 0. The van der Waals surface area contributed by atoms with Crippen LogP contribution < -0.4 is 5.32 Å². The van der Waals surface area contributed by atoms with Crippen LogP contribution >= 0.6 is 0 Å². The molecule has 1 N–H and O–H groups in total. The number of amides is 4. The maximum atomic E-state index is 12.9. The smallest absolute Gasteiger partial charge is 0.330 e. The van der Waals surface area contributed by atoms with E-state index in [-0.39, 0.29) is 11.7 Å². The summed E-state index contributed by atoms with van der Waals surface area (Å²) in [5.74, 6) is -1.06. The molecule has 0 bridgehead atoms. The van der Waals surface area contributed by atoms with E-state index in [1.165, 1.54) is 17.0 Å². The van der Waals surface area contributed by atoms with Gasteiger partial charge in [-0.15, -0.1) is 0 Å². The largest absolute Gasteiger partial charge is 0.416 e. The molecule has 2 aromatic rings. The highest BCUT2D eigenvalue weighted by atomic mass is 19.4. The molecule has 0 aliphatic carbocycles. The maximum absolute atomic E-state index is 12.9. The molecule has 2 aliphatic rings. The lowest BCUT2D eigenvalue weighted by Gasteiger charge is -2.42. The van der Waals surface area contributed by atoms with Crippen LogP contribution in [-0.4, -0.2) is 64.8 Å². The molecule has 0 spiro atoms. The first-order chi connectivity index (χ1) is 16.6. The van der Waals surface area contributed by atoms with Gasteiger partial charge in [0.2, 0.25) is 0 Å². The van der Waals surface area contributed by atoms with Crippen molar-refractivity contribution in [2.75, 3.05) is 31.5 Å². The lowest BCUT2D eigenvalue weighted by molar-refractivity contribution is -0.158. The van der Waals surface area contributed by atoms with Gasteiger partial charge in [-0.1, -0.05) is 35.9 Å². The third-order valence-electron chi connectivity index (χ3n) is 6.47. The molecule has 10 heteroatoms. The minimum absolute atomic E-state index is 0.0671. The number of nitrogens with one attached hydrogen (secondary N) is 1. The van der Waals surface area contributed by atoms with Gasteiger partial charge in [0.25, 0.3) is 0 Å². The lowest BCUT2D eigenvalue weighted by atomic mass is 10.0. The molecule has 0 radical (unpaired) electrons. The number of anilines is 1. The van der Waals surface area contributed by atoms with E-state index in [1.54, 1.807) is 9.80 Å². The van der Waals surface area contributed by atoms with Gasteiger partial charge in [0.15, 0.2) is 0 Å². The Morgan fingerprint density at radius 1 is 0.971 bits per heavy atom. The van der Waals surface area contributed by atoms with Crippen molar-refractivity contribution in [3.05, 3.63) is 65.2 Å². The molecule has 4 amide bonds. The van der Waals surface area contributed by atoms with Gasteiger partial charge >= 0.3 is 24.0 Å². The summed E-state index contributed by atoms with van der Waals surface area (Å²) in [4.78, 5) is 42.7. The third-order valence-corrected chi connectivity index (χ3v) is 6.47. The number of urea groups is 1. The highest BCUT2D eigenvalue weighted by Gasteiger charge is 2.38. The lowest BCUT2D eigenvalue weighted by Crippen LogP contribution is -2.59. The van der Waals surface area contributed by atoms with Crippen molar-refractivity contribution in [1.29, 1.82) is 0 Å². The van der Waals surface area contributed by atoms with Gasteiger partial charge < -0.3 is 20.0 Å². The van der Waals surface area contributed by atoms with Crippen LogP contribution in [0, 0.1) is 6.92 Å². The van der Waals surface area contributed by atoms with E-state index in [1.807, 2.05) is 31.2 Å². The van der Waals surface area contributed by atoms with Gasteiger partial charge in [0.1, 0.15) is 0 Å². The molecule has 2 saturated heterocycles. The normalized spacial score (nSPS) is 17.7. The van der Waals surface area contributed by atoms with Crippen LogP contribution in [0.2, 0.25) is 0 Å². The predicted octanol–water partition coefficient (Wildman–Crippen LogP) is 3.88. The number of halogens is 3. The van der Waals surface area contributed by atoms with E-state index in [9.17, 15) is 27.6 Å². The summed E-state index contributed by atoms with van der Waals surface area (Å²) in [6, 6.07) is 11.7. The number of hydrogen-bond donors (Lipinski definition) is 1. The number of carbonyl (C=O) groups is 3. The number of rotatable bonds is 4. The standard InChI is InChI=1S/C25H27F3N4O3/c1-17-5-7-18(8-6-17)16-31-13-14-32(23(34)22(31)33)21-9-11-30(12-10-21)24(35)29-20-4-2-3-19(15-20)25(26,27)28/h2-8,15,21H,9-14,16H2,1H3,(H,29,35). The van der Waals surface area contributed by atoms with Gasteiger partial charge in [0, 0.05) is 44.5 Å². The molecule has 0 saturated carbocycles. The minimum Gasteiger partial charge on any atom is -0.330 e. The number of nitrogens with zero attached hydrogens (tertiary/aromatic N) is 3. The monoisotopic (exact) mass is 488 g/mol. The zero-order valence-electron chi connectivity index (χ0n) is 19.3. The highest BCUT2D eigenvalue weighted by molar-refractivity contribution is 6.35. The summed E-state index contributed by atoms with van der Waals surface area (Å²) >= 11 is 0. The van der Waals surface area contributed by atoms with E-state index in [2.05, 4.69) is 5.32 Å². The van der Waals surface area contributed by atoms with Crippen LogP contribution in [0.15, 0.2) is 48.5 Å². The minimum atomic E-state index is -4.49. The first-order valence-corrected chi connectivity index (χ1v) is 11.5. The molecule has 2 fully saturated rings. The average molecular weight is 489 g/mol. The van der Waals surface area contributed by atoms with Gasteiger partial charge in [-0.05, 0) is 43.5 Å². The van der Waals surface area contributed by atoms with Crippen LogP contribution in [0.25, 0.3) is 0 Å². The number of piperidine rings is 1. The molecular formula is C25H27F3N4O3. The Morgan fingerprint density at radius 2 is 1.66 bits per heavy atom. The zero-order valence-corrected chi connectivity index (χ0v) is 19.3. The highest BCUT2D eigenvalue weighted by Crippen LogP contribution is 2.31. The summed E-state index contributed by atoms with van der Waals surface area (Å²) in [6.45, 7) is 3.90. The number of alkyl halides is 3. The Kier molecular flexibility index (Phi) is 7.00. The Hall–Kier alpha value is -3.56. The van der Waals surface area contributed by atoms with E-state index in [0.29, 0.717) is 45.6 Å². The number of carbonyl (C=O) groups excluding carboxylic acids is 3. The van der Waals surface area contributed by atoms with Gasteiger partial charge in [-0.2, -0.15) is 13.2 Å². The number of aryl methyl sites for hydroxylation is 1. The van der Waals surface area contributed by atoms with Crippen LogP contribution in [0.3, 0.4) is 0 Å². The summed E-state index contributed by atoms with van der Waals surface area (Å²) in [6.07, 6.45) is -3.51. The number of piperazine rings is 1. The predicted molar refractivity (Wildman–Crippen MR) is 123 cm³/mol. The van der Waals surface area contributed by atoms with Crippen LogP contribution in [0.5, 0.6) is 0 Å². The number of likely N-dealkylation sites (tertiary alicyclic amines) is 1. The van der Waals surface area contributed by atoms with Crippen molar-refractivity contribution in [2.45, 2.75) is 38.5 Å². The van der Waals surface area contributed by atoms with Crippen LogP contribution in [0.1, 0.15) is 29.5 Å². The van der Waals surface area contributed by atoms with E-state index >= 15 is 0 Å². The van der Waals surface area contributed by atoms with Crippen molar-refractivity contribution in [3.63, 3.8) is 0 Å². The summed E-state index contributed by atoms with van der Waals surface area (Å²) in [5.41, 5.74) is 1.32. The van der Waals surface area contributed by atoms with Gasteiger partial charge in [-0.25, -0.2) is 4.79 Å². The average Bonchev–Trinajstić information content (AvgIpc) is 2.83. The molecule has 0 atom stereocenters. The van der Waals surface area contributed by atoms with Gasteiger partial charge in [-0.3, -0.25) is 9.59 Å². The fraction of sp³-hybridized carbons (Fsp3) is 0.400.